The minimum absolute atomic E-state index is 0.121. The molecule has 2 aliphatic heterocycles. The monoisotopic (exact) mass is 368 g/mol. The molecule has 0 saturated carbocycles. The lowest BCUT2D eigenvalue weighted by Gasteiger charge is -2.24. The van der Waals surface area contributed by atoms with Crippen LogP contribution in [0.15, 0.2) is 42.5 Å². The lowest BCUT2D eigenvalue weighted by Crippen LogP contribution is -2.26. The zero-order valence-corrected chi connectivity index (χ0v) is 15.6. The van der Waals surface area contributed by atoms with Gasteiger partial charge in [0.2, 0.25) is 5.78 Å². The number of hydrogen-bond acceptors (Lipinski definition) is 5. The largest absolute Gasteiger partial charge is 0.496 e. The van der Waals surface area contributed by atoms with Gasteiger partial charge in [-0.25, -0.2) is 0 Å². The molecule has 3 atom stereocenters. The maximum absolute atomic E-state index is 13.2. The number of carbonyl (C=O) groups excluding carboxylic acids is 1. The van der Waals surface area contributed by atoms with Crippen molar-refractivity contribution in [2.75, 3.05) is 13.7 Å². The van der Waals surface area contributed by atoms with Crippen molar-refractivity contribution in [1.82, 2.24) is 0 Å². The molecule has 0 radical (unpaired) electrons. The number of Topliss-reactive ketones (excluding diaryl/α,β-unsaturated/α-hetero) is 1. The average Bonchev–Trinajstić information content (AvgIpc) is 3.49. The van der Waals surface area contributed by atoms with Crippen LogP contribution in [0.3, 0.4) is 0 Å². The van der Waals surface area contributed by atoms with Gasteiger partial charge in [0.25, 0.3) is 0 Å². The molecule has 2 aromatic rings. The van der Waals surface area contributed by atoms with Crippen LogP contribution in [-0.2, 0) is 9.47 Å². The van der Waals surface area contributed by atoms with Crippen LogP contribution in [-0.4, -0.2) is 31.9 Å². The smallest absolute Gasteiger partial charge is 0.202 e. The quantitative estimate of drug-likeness (QED) is 0.564. The van der Waals surface area contributed by atoms with Crippen molar-refractivity contribution in [1.29, 1.82) is 0 Å². The third-order valence-electron chi connectivity index (χ3n) is 5.01. The lowest BCUT2D eigenvalue weighted by molar-refractivity contribution is -0.106. The minimum Gasteiger partial charge on any atom is -0.496 e. The van der Waals surface area contributed by atoms with Gasteiger partial charge in [0.1, 0.15) is 23.2 Å². The molecule has 0 bridgehead atoms. The van der Waals surface area contributed by atoms with Crippen LogP contribution in [0.1, 0.15) is 46.9 Å². The second-order valence-electron chi connectivity index (χ2n) is 7.00. The van der Waals surface area contributed by atoms with Crippen LogP contribution in [0, 0.1) is 6.92 Å². The SMILES string of the molecule is COc1cccc(OC2CCCCO2)c1C(=O)[C@H]1O[C@@H]1c1ccc(C)cc1. The highest BCUT2D eigenvalue weighted by Crippen LogP contribution is 2.43. The van der Waals surface area contributed by atoms with Crippen LogP contribution in [0.25, 0.3) is 0 Å². The Labute approximate surface area is 159 Å². The molecule has 1 unspecified atom stereocenters. The number of carbonyl (C=O) groups is 1. The molecule has 142 valence electrons. The van der Waals surface area contributed by atoms with Crippen LogP contribution in [0.5, 0.6) is 11.5 Å². The highest BCUT2D eigenvalue weighted by atomic mass is 16.7. The first-order chi connectivity index (χ1) is 13.2. The van der Waals surface area contributed by atoms with Gasteiger partial charge in [-0.1, -0.05) is 35.9 Å². The van der Waals surface area contributed by atoms with Gasteiger partial charge in [-0.2, -0.15) is 0 Å². The number of aryl methyl sites for hydroxylation is 1. The van der Waals surface area contributed by atoms with Gasteiger partial charge in [0.05, 0.1) is 13.7 Å². The maximum atomic E-state index is 13.2. The molecule has 0 aliphatic carbocycles. The summed E-state index contributed by atoms with van der Waals surface area (Å²) in [6, 6.07) is 13.4. The molecule has 2 saturated heterocycles. The van der Waals surface area contributed by atoms with Crippen molar-refractivity contribution in [3.63, 3.8) is 0 Å². The third kappa shape index (κ3) is 3.84. The fourth-order valence-electron chi connectivity index (χ4n) is 3.43. The van der Waals surface area contributed by atoms with E-state index in [4.69, 9.17) is 18.9 Å². The summed E-state index contributed by atoms with van der Waals surface area (Å²) in [5.41, 5.74) is 2.61. The summed E-state index contributed by atoms with van der Waals surface area (Å²) < 4.78 is 22.8. The molecular formula is C22H24O5. The minimum atomic E-state index is -0.515. The predicted octanol–water partition coefficient (Wildman–Crippen LogP) is 4.23. The molecule has 0 spiro atoms. The zero-order chi connectivity index (χ0) is 18.8. The number of benzene rings is 2. The Morgan fingerprint density at radius 3 is 2.56 bits per heavy atom. The summed E-state index contributed by atoms with van der Waals surface area (Å²) in [4.78, 5) is 13.2. The second kappa shape index (κ2) is 7.71. The summed E-state index contributed by atoms with van der Waals surface area (Å²) in [6.45, 7) is 2.71. The van der Waals surface area contributed by atoms with Crippen molar-refractivity contribution >= 4 is 5.78 Å². The van der Waals surface area contributed by atoms with Gasteiger partial charge >= 0.3 is 0 Å². The Morgan fingerprint density at radius 2 is 1.85 bits per heavy atom. The number of methoxy groups -OCH3 is 1. The van der Waals surface area contributed by atoms with E-state index in [1.165, 1.54) is 5.56 Å². The molecule has 5 nitrogen and oxygen atoms in total. The van der Waals surface area contributed by atoms with Crippen molar-refractivity contribution in [2.45, 2.75) is 44.7 Å². The Bertz CT molecular complexity index is 808. The number of ether oxygens (including phenoxy) is 4. The predicted molar refractivity (Wildman–Crippen MR) is 100 cm³/mol. The van der Waals surface area contributed by atoms with E-state index in [0.29, 0.717) is 23.7 Å². The number of epoxide rings is 1. The molecule has 0 N–H and O–H groups in total. The summed E-state index contributed by atoms with van der Waals surface area (Å²) in [5, 5.41) is 0. The second-order valence-corrected chi connectivity index (χ2v) is 7.00. The fourth-order valence-corrected chi connectivity index (χ4v) is 3.43. The van der Waals surface area contributed by atoms with E-state index in [-0.39, 0.29) is 18.2 Å². The van der Waals surface area contributed by atoms with Crippen molar-refractivity contribution in [3.05, 3.63) is 59.2 Å². The Hall–Kier alpha value is -2.37. The Balaban J connectivity index is 1.56. The maximum Gasteiger partial charge on any atom is 0.202 e. The normalized spacial score (nSPS) is 24.3. The van der Waals surface area contributed by atoms with E-state index < -0.39 is 6.10 Å². The van der Waals surface area contributed by atoms with Crippen LogP contribution < -0.4 is 9.47 Å². The highest BCUT2D eigenvalue weighted by molar-refractivity contribution is 6.06. The summed E-state index contributed by atoms with van der Waals surface area (Å²) in [6.07, 6.45) is 1.85. The third-order valence-corrected chi connectivity index (χ3v) is 5.01. The van der Waals surface area contributed by atoms with Crippen LogP contribution in [0.2, 0.25) is 0 Å². The first-order valence-electron chi connectivity index (χ1n) is 9.39. The molecule has 5 heteroatoms. The fraction of sp³-hybridized carbons (Fsp3) is 0.409. The number of hydrogen-bond donors (Lipinski definition) is 0. The van der Waals surface area contributed by atoms with Gasteiger partial charge in [0.15, 0.2) is 12.4 Å². The number of ketones is 1. The van der Waals surface area contributed by atoms with Crippen molar-refractivity contribution in [2.24, 2.45) is 0 Å². The van der Waals surface area contributed by atoms with E-state index in [2.05, 4.69) is 0 Å². The van der Waals surface area contributed by atoms with Gasteiger partial charge in [-0.05, 0) is 37.5 Å². The molecule has 2 heterocycles. The number of rotatable bonds is 6. The standard InChI is InChI=1S/C22H24O5/c1-14-9-11-15(12-10-14)21-22(27-21)20(23)19-16(24-2)6-5-7-17(19)26-18-8-3-4-13-25-18/h5-7,9-12,18,21-22H,3-4,8,13H2,1-2H3/t18?,21-,22-/m1/s1. The Kier molecular flexibility index (Phi) is 5.14. The first-order valence-corrected chi connectivity index (χ1v) is 9.39. The first kappa shape index (κ1) is 18.0. The molecule has 4 rings (SSSR count). The van der Waals surface area contributed by atoms with E-state index in [0.717, 1.165) is 24.8 Å². The Morgan fingerprint density at radius 1 is 1.07 bits per heavy atom. The average molecular weight is 368 g/mol. The highest BCUT2D eigenvalue weighted by Gasteiger charge is 2.47. The summed E-state index contributed by atoms with van der Waals surface area (Å²) in [5.74, 6) is 0.861. The summed E-state index contributed by atoms with van der Waals surface area (Å²) in [7, 11) is 1.55. The molecule has 2 aromatic carbocycles. The van der Waals surface area contributed by atoms with E-state index in [1.54, 1.807) is 19.2 Å². The van der Waals surface area contributed by atoms with Gasteiger partial charge in [-0.3, -0.25) is 4.79 Å². The van der Waals surface area contributed by atoms with Gasteiger partial charge < -0.3 is 18.9 Å². The molecule has 2 aliphatic rings. The van der Waals surface area contributed by atoms with Crippen molar-refractivity contribution in [3.8, 4) is 11.5 Å². The van der Waals surface area contributed by atoms with E-state index >= 15 is 0 Å². The van der Waals surface area contributed by atoms with Gasteiger partial charge in [-0.15, -0.1) is 0 Å². The topological polar surface area (TPSA) is 57.3 Å². The zero-order valence-electron chi connectivity index (χ0n) is 15.6. The van der Waals surface area contributed by atoms with E-state index in [9.17, 15) is 4.79 Å². The lowest BCUT2D eigenvalue weighted by atomic mass is 10.0. The van der Waals surface area contributed by atoms with Crippen LogP contribution in [0.4, 0.5) is 0 Å². The molecular weight excluding hydrogens is 344 g/mol. The summed E-state index contributed by atoms with van der Waals surface area (Å²) >= 11 is 0. The van der Waals surface area contributed by atoms with Gasteiger partial charge in [0, 0.05) is 6.42 Å². The molecule has 0 aromatic heterocycles. The van der Waals surface area contributed by atoms with Crippen LogP contribution >= 0.6 is 0 Å². The van der Waals surface area contributed by atoms with E-state index in [1.807, 2.05) is 37.3 Å². The molecule has 2 fully saturated rings. The molecule has 27 heavy (non-hydrogen) atoms. The van der Waals surface area contributed by atoms with Crippen molar-refractivity contribution < 1.29 is 23.7 Å². The molecule has 0 amide bonds.